The number of anilines is 1. The number of likely N-dealkylation sites (tertiary alicyclic amines) is 1. The Morgan fingerprint density at radius 3 is 2.64 bits per heavy atom. The minimum atomic E-state index is -3.44. The third-order valence-electron chi connectivity index (χ3n) is 5.44. The molecule has 1 aliphatic carbocycles. The highest BCUT2D eigenvalue weighted by Crippen LogP contribution is 2.36. The van der Waals surface area contributed by atoms with E-state index in [0.29, 0.717) is 5.11 Å². The molecule has 0 bridgehead atoms. The molecule has 25 heavy (non-hydrogen) atoms. The smallest absolute Gasteiger partial charge is 0.242 e. The van der Waals surface area contributed by atoms with Crippen molar-refractivity contribution in [2.45, 2.75) is 37.0 Å². The lowest BCUT2D eigenvalue weighted by Gasteiger charge is -2.42. The fourth-order valence-corrected chi connectivity index (χ4v) is 5.16. The lowest BCUT2D eigenvalue weighted by Crippen LogP contribution is -2.46. The molecule has 1 aromatic carbocycles. The quantitative estimate of drug-likeness (QED) is 0.815. The molecule has 1 saturated carbocycles. The summed E-state index contributed by atoms with van der Waals surface area (Å²) >= 11 is 5.59. The summed E-state index contributed by atoms with van der Waals surface area (Å²) in [7, 11) is -0.367. The van der Waals surface area contributed by atoms with Crippen molar-refractivity contribution in [3.63, 3.8) is 0 Å². The summed E-state index contributed by atoms with van der Waals surface area (Å²) in [6.45, 7) is 2.01. The minimum Gasteiger partial charge on any atom is -0.349 e. The number of sulfonamides is 1. The minimum absolute atomic E-state index is 0.274. The first-order chi connectivity index (χ1) is 11.9. The zero-order valence-corrected chi connectivity index (χ0v) is 16.6. The first-order valence-electron chi connectivity index (χ1n) is 8.96. The average molecular weight is 382 g/mol. The van der Waals surface area contributed by atoms with Crippen LogP contribution in [0.5, 0.6) is 0 Å². The highest BCUT2D eigenvalue weighted by molar-refractivity contribution is 7.89. The lowest BCUT2D eigenvalue weighted by molar-refractivity contribution is 0.131. The van der Waals surface area contributed by atoms with Crippen molar-refractivity contribution in [1.82, 2.24) is 9.21 Å². The highest BCUT2D eigenvalue weighted by atomic mass is 32.2. The van der Waals surface area contributed by atoms with Gasteiger partial charge in [0.15, 0.2) is 5.11 Å². The van der Waals surface area contributed by atoms with Crippen LogP contribution in [-0.2, 0) is 10.0 Å². The van der Waals surface area contributed by atoms with Gasteiger partial charge in [0, 0.05) is 32.9 Å². The summed E-state index contributed by atoms with van der Waals surface area (Å²) < 4.78 is 25.8. The molecule has 1 saturated heterocycles. The van der Waals surface area contributed by atoms with Gasteiger partial charge in [0.05, 0.1) is 4.90 Å². The molecule has 0 spiro atoms. The average Bonchev–Trinajstić information content (AvgIpc) is 2.61. The molecular formula is C18H27N3O2S2. The molecule has 2 atom stereocenters. The Morgan fingerprint density at radius 1 is 1.20 bits per heavy atom. The van der Waals surface area contributed by atoms with Gasteiger partial charge in [0.2, 0.25) is 10.0 Å². The van der Waals surface area contributed by atoms with Crippen molar-refractivity contribution in [1.29, 1.82) is 0 Å². The normalized spacial score (nSPS) is 24.0. The molecule has 3 rings (SSSR count). The summed E-state index contributed by atoms with van der Waals surface area (Å²) in [6.07, 6.45) is 6.58. The van der Waals surface area contributed by atoms with E-state index in [-0.39, 0.29) is 4.90 Å². The number of piperidine rings is 1. The number of rotatable bonds is 3. The van der Waals surface area contributed by atoms with Gasteiger partial charge in [-0.25, -0.2) is 12.7 Å². The molecular weight excluding hydrogens is 354 g/mol. The van der Waals surface area contributed by atoms with Crippen LogP contribution in [0.2, 0.25) is 0 Å². The van der Waals surface area contributed by atoms with Crippen LogP contribution in [-0.4, -0.2) is 49.9 Å². The largest absolute Gasteiger partial charge is 0.349 e. The van der Waals surface area contributed by atoms with E-state index >= 15 is 0 Å². The standard InChI is InChI=1S/C18H27N3O2S2/c1-20(2)25(22,23)17-9-5-8-16(12-17)19-18(24)21-11-10-14-6-3-4-7-15(14)13-21/h5,8-9,12,14-15H,3-4,6-7,10-11,13H2,1-2H3,(H,19,24)/t14-,15-/m1/s1. The van der Waals surface area contributed by atoms with Crippen LogP contribution < -0.4 is 5.32 Å². The Hall–Kier alpha value is -1.18. The van der Waals surface area contributed by atoms with Crippen LogP contribution in [0.1, 0.15) is 32.1 Å². The van der Waals surface area contributed by atoms with Gasteiger partial charge < -0.3 is 10.2 Å². The van der Waals surface area contributed by atoms with E-state index in [9.17, 15) is 8.42 Å². The van der Waals surface area contributed by atoms with Gasteiger partial charge in [-0.05, 0) is 55.1 Å². The molecule has 0 amide bonds. The fraction of sp³-hybridized carbons (Fsp3) is 0.611. The second kappa shape index (κ2) is 7.60. The van der Waals surface area contributed by atoms with Gasteiger partial charge in [0.25, 0.3) is 0 Å². The maximum absolute atomic E-state index is 12.3. The van der Waals surface area contributed by atoms with Gasteiger partial charge in [-0.3, -0.25) is 0 Å². The molecule has 0 radical (unpaired) electrons. The number of nitrogens with zero attached hydrogens (tertiary/aromatic N) is 2. The number of thiocarbonyl (C=S) groups is 1. The summed E-state index contributed by atoms with van der Waals surface area (Å²) in [5, 5.41) is 3.93. The fourth-order valence-electron chi connectivity index (χ4n) is 3.93. The third-order valence-corrected chi connectivity index (χ3v) is 7.61. The maximum atomic E-state index is 12.3. The van der Waals surface area contributed by atoms with Gasteiger partial charge >= 0.3 is 0 Å². The predicted molar refractivity (Wildman–Crippen MR) is 105 cm³/mol. The number of hydrogen-bond acceptors (Lipinski definition) is 3. The van der Waals surface area contributed by atoms with Crippen LogP contribution in [0.3, 0.4) is 0 Å². The van der Waals surface area contributed by atoms with E-state index < -0.39 is 10.0 Å². The van der Waals surface area contributed by atoms with Crippen LogP contribution >= 0.6 is 12.2 Å². The molecule has 1 aliphatic heterocycles. The molecule has 0 unspecified atom stereocenters. The Labute approximate surface area is 156 Å². The number of benzene rings is 1. The SMILES string of the molecule is CN(C)S(=O)(=O)c1cccc(NC(=S)N2CC[C@H]3CCCC[C@@H]3C2)c1. The Kier molecular flexibility index (Phi) is 5.65. The van der Waals surface area contributed by atoms with Crippen molar-refractivity contribution >= 4 is 33.0 Å². The van der Waals surface area contributed by atoms with Crippen LogP contribution in [0, 0.1) is 11.8 Å². The monoisotopic (exact) mass is 381 g/mol. The molecule has 7 heteroatoms. The number of hydrogen-bond donors (Lipinski definition) is 1. The van der Waals surface area contributed by atoms with E-state index in [1.165, 1.54) is 50.5 Å². The first-order valence-corrected chi connectivity index (χ1v) is 10.8. The molecule has 2 aliphatic rings. The predicted octanol–water partition coefficient (Wildman–Crippen LogP) is 3.15. The molecule has 5 nitrogen and oxygen atoms in total. The highest BCUT2D eigenvalue weighted by Gasteiger charge is 2.32. The van der Waals surface area contributed by atoms with Crippen molar-refractivity contribution < 1.29 is 8.42 Å². The topological polar surface area (TPSA) is 52.7 Å². The summed E-state index contributed by atoms with van der Waals surface area (Å²) in [5.74, 6) is 1.61. The molecule has 2 fully saturated rings. The molecule has 0 aromatic heterocycles. The van der Waals surface area contributed by atoms with E-state index in [1.54, 1.807) is 18.2 Å². The van der Waals surface area contributed by atoms with Crippen molar-refractivity contribution in [2.75, 3.05) is 32.5 Å². The maximum Gasteiger partial charge on any atom is 0.242 e. The zero-order chi connectivity index (χ0) is 18.0. The van der Waals surface area contributed by atoms with Gasteiger partial charge in [-0.15, -0.1) is 0 Å². The molecule has 1 N–H and O–H groups in total. The second-order valence-electron chi connectivity index (χ2n) is 7.28. The van der Waals surface area contributed by atoms with Crippen molar-refractivity contribution in [3.8, 4) is 0 Å². The third kappa shape index (κ3) is 4.15. The van der Waals surface area contributed by atoms with Crippen LogP contribution in [0.15, 0.2) is 29.2 Å². The molecule has 1 heterocycles. The summed E-state index contributed by atoms with van der Waals surface area (Å²) in [5.41, 5.74) is 0.721. The molecule has 1 aromatic rings. The van der Waals surface area contributed by atoms with Crippen molar-refractivity contribution in [3.05, 3.63) is 24.3 Å². The Balaban J connectivity index is 1.67. The lowest BCUT2D eigenvalue weighted by atomic mass is 9.75. The van der Waals surface area contributed by atoms with E-state index in [1.807, 2.05) is 6.07 Å². The van der Waals surface area contributed by atoms with Gasteiger partial charge in [-0.1, -0.05) is 25.3 Å². The number of nitrogens with one attached hydrogen (secondary N) is 1. The first kappa shape index (κ1) is 18.6. The molecule has 138 valence electrons. The Bertz CT molecular complexity index is 734. The second-order valence-corrected chi connectivity index (χ2v) is 9.82. The van der Waals surface area contributed by atoms with Crippen molar-refractivity contribution in [2.24, 2.45) is 11.8 Å². The summed E-state index contributed by atoms with van der Waals surface area (Å²) in [6, 6.07) is 6.86. The van der Waals surface area contributed by atoms with E-state index in [0.717, 1.165) is 30.6 Å². The Morgan fingerprint density at radius 2 is 1.92 bits per heavy atom. The zero-order valence-electron chi connectivity index (χ0n) is 14.9. The van der Waals surface area contributed by atoms with E-state index in [2.05, 4.69) is 10.2 Å². The summed E-state index contributed by atoms with van der Waals surface area (Å²) in [4.78, 5) is 2.52. The van der Waals surface area contributed by atoms with Crippen LogP contribution in [0.25, 0.3) is 0 Å². The van der Waals surface area contributed by atoms with Gasteiger partial charge in [-0.2, -0.15) is 0 Å². The van der Waals surface area contributed by atoms with Crippen LogP contribution in [0.4, 0.5) is 5.69 Å². The number of fused-ring (bicyclic) bond motifs is 1. The van der Waals surface area contributed by atoms with E-state index in [4.69, 9.17) is 12.2 Å². The van der Waals surface area contributed by atoms with Gasteiger partial charge in [0.1, 0.15) is 0 Å².